The van der Waals surface area contributed by atoms with Crippen LogP contribution >= 0.6 is 0 Å². The Labute approximate surface area is 165 Å². The smallest absolute Gasteiger partial charge is 0.328 e. The topological polar surface area (TPSA) is 143 Å². The molecule has 1 saturated heterocycles. The molecular formula is C19H20N4O6. The Kier molecular flexibility index (Phi) is 5.93. The van der Waals surface area contributed by atoms with Crippen LogP contribution in [-0.4, -0.2) is 75.4 Å². The molecule has 29 heavy (non-hydrogen) atoms. The van der Waals surface area contributed by atoms with E-state index in [2.05, 4.69) is 10.3 Å². The van der Waals surface area contributed by atoms with Gasteiger partial charge in [-0.05, 0) is 18.2 Å². The number of benzene rings is 1. The standard InChI is InChI=1S/C19H20N4O6/c24-11-22-5-7-23(8-6-22)18(19(28)29)14-10-20-15-2-1-12(9-13(14)15)21-16(25)3-4-17(26)27/h1-4,9-11,18,20H,5-8H2,(H,21,25)(H,26,27)(H,28,29)/b4-3+/t18-/m0/s1. The molecule has 0 saturated carbocycles. The zero-order chi connectivity index (χ0) is 21.0. The second kappa shape index (κ2) is 8.57. The third-order valence-electron chi connectivity index (χ3n) is 4.75. The molecular weight excluding hydrogens is 380 g/mol. The number of carboxylic acids is 2. The number of aromatic nitrogens is 1. The average Bonchev–Trinajstić information content (AvgIpc) is 3.10. The molecule has 10 heteroatoms. The van der Waals surface area contributed by atoms with Crippen molar-refractivity contribution in [3.05, 3.63) is 42.1 Å². The predicted octanol–water partition coefficient (Wildman–Crippen LogP) is 0.647. The Balaban J connectivity index is 1.87. The van der Waals surface area contributed by atoms with Crippen LogP contribution in [0.25, 0.3) is 10.9 Å². The highest BCUT2D eigenvalue weighted by Gasteiger charge is 2.32. The SMILES string of the molecule is O=CN1CCN([C@H](C(=O)O)c2c[nH]c3ccc(NC(=O)/C=C/C(=O)O)cc23)CC1. The number of hydrogen-bond donors (Lipinski definition) is 4. The fraction of sp³-hybridized carbons (Fsp3) is 0.263. The third kappa shape index (κ3) is 4.61. The zero-order valence-corrected chi connectivity index (χ0v) is 15.4. The molecule has 1 aliphatic rings. The third-order valence-corrected chi connectivity index (χ3v) is 4.75. The maximum Gasteiger partial charge on any atom is 0.328 e. The van der Waals surface area contributed by atoms with E-state index >= 15 is 0 Å². The summed E-state index contributed by atoms with van der Waals surface area (Å²) in [6.07, 6.45) is 4.02. The first kappa shape index (κ1) is 20.1. The van der Waals surface area contributed by atoms with Gasteiger partial charge in [0, 0.05) is 66.7 Å². The molecule has 3 rings (SSSR count). The summed E-state index contributed by atoms with van der Waals surface area (Å²) in [5.41, 5.74) is 1.66. The number of amides is 2. The highest BCUT2D eigenvalue weighted by molar-refractivity contribution is 6.03. The van der Waals surface area contributed by atoms with Gasteiger partial charge in [-0.25, -0.2) is 4.79 Å². The van der Waals surface area contributed by atoms with E-state index in [9.17, 15) is 24.3 Å². The van der Waals surface area contributed by atoms with E-state index in [0.29, 0.717) is 48.3 Å². The van der Waals surface area contributed by atoms with Crippen LogP contribution in [0, 0.1) is 0 Å². The molecule has 1 fully saturated rings. The van der Waals surface area contributed by atoms with E-state index in [1.165, 1.54) is 0 Å². The number of H-pyrrole nitrogens is 1. The van der Waals surface area contributed by atoms with Crippen molar-refractivity contribution in [2.75, 3.05) is 31.5 Å². The lowest BCUT2D eigenvalue weighted by atomic mass is 10.0. The van der Waals surface area contributed by atoms with Crippen LogP contribution in [-0.2, 0) is 19.2 Å². The lowest BCUT2D eigenvalue weighted by Crippen LogP contribution is -2.48. The number of nitrogens with one attached hydrogen (secondary N) is 2. The molecule has 1 aliphatic heterocycles. The zero-order valence-electron chi connectivity index (χ0n) is 15.4. The summed E-state index contributed by atoms with van der Waals surface area (Å²) >= 11 is 0. The van der Waals surface area contributed by atoms with Gasteiger partial charge in [0.15, 0.2) is 0 Å². The quantitative estimate of drug-likeness (QED) is 0.395. The molecule has 1 aromatic heterocycles. The molecule has 0 radical (unpaired) electrons. The number of aliphatic carboxylic acids is 2. The summed E-state index contributed by atoms with van der Waals surface area (Å²) < 4.78 is 0. The Bertz CT molecular complexity index is 974. The minimum absolute atomic E-state index is 0.410. The van der Waals surface area contributed by atoms with E-state index in [-0.39, 0.29) is 0 Å². The van der Waals surface area contributed by atoms with E-state index in [1.54, 1.807) is 34.2 Å². The summed E-state index contributed by atoms with van der Waals surface area (Å²) in [6, 6.07) is 4.08. The van der Waals surface area contributed by atoms with E-state index in [0.717, 1.165) is 18.6 Å². The number of piperazine rings is 1. The molecule has 0 bridgehead atoms. The summed E-state index contributed by atoms with van der Waals surface area (Å²) in [7, 11) is 0. The van der Waals surface area contributed by atoms with Crippen molar-refractivity contribution in [2.45, 2.75) is 6.04 Å². The fourth-order valence-corrected chi connectivity index (χ4v) is 3.36. The summed E-state index contributed by atoms with van der Waals surface area (Å²) in [4.78, 5) is 51.7. The van der Waals surface area contributed by atoms with Gasteiger partial charge in [-0.3, -0.25) is 19.3 Å². The molecule has 10 nitrogen and oxygen atoms in total. The van der Waals surface area contributed by atoms with Gasteiger partial charge < -0.3 is 25.4 Å². The Morgan fingerprint density at radius 2 is 1.83 bits per heavy atom. The van der Waals surface area contributed by atoms with Crippen LogP contribution in [0.2, 0.25) is 0 Å². The van der Waals surface area contributed by atoms with Crippen molar-refractivity contribution in [3.63, 3.8) is 0 Å². The van der Waals surface area contributed by atoms with E-state index in [4.69, 9.17) is 5.11 Å². The van der Waals surface area contributed by atoms with Crippen LogP contribution in [0.5, 0.6) is 0 Å². The maximum absolute atomic E-state index is 12.0. The van der Waals surface area contributed by atoms with Crippen molar-refractivity contribution < 1.29 is 29.4 Å². The molecule has 2 amide bonds. The molecule has 0 unspecified atom stereocenters. The van der Waals surface area contributed by atoms with Crippen molar-refractivity contribution in [3.8, 4) is 0 Å². The molecule has 1 atom stereocenters. The molecule has 1 aromatic carbocycles. The highest BCUT2D eigenvalue weighted by Crippen LogP contribution is 2.31. The van der Waals surface area contributed by atoms with Gasteiger partial charge >= 0.3 is 11.9 Å². The first-order chi connectivity index (χ1) is 13.9. The lowest BCUT2D eigenvalue weighted by molar-refractivity contribution is -0.144. The van der Waals surface area contributed by atoms with Crippen LogP contribution in [0.1, 0.15) is 11.6 Å². The van der Waals surface area contributed by atoms with Crippen molar-refractivity contribution >= 4 is 40.8 Å². The molecule has 2 heterocycles. The van der Waals surface area contributed by atoms with Gasteiger partial charge in [0.25, 0.3) is 0 Å². The van der Waals surface area contributed by atoms with Crippen molar-refractivity contribution in [2.24, 2.45) is 0 Å². The number of fused-ring (bicyclic) bond motifs is 1. The number of nitrogens with zero attached hydrogens (tertiary/aromatic N) is 2. The van der Waals surface area contributed by atoms with Crippen molar-refractivity contribution in [1.82, 2.24) is 14.8 Å². The second-order valence-electron chi connectivity index (χ2n) is 6.58. The fourth-order valence-electron chi connectivity index (χ4n) is 3.36. The first-order valence-electron chi connectivity index (χ1n) is 8.88. The van der Waals surface area contributed by atoms with Crippen LogP contribution in [0.4, 0.5) is 5.69 Å². The van der Waals surface area contributed by atoms with Crippen molar-refractivity contribution in [1.29, 1.82) is 0 Å². The normalized spacial score (nSPS) is 16.1. The van der Waals surface area contributed by atoms with Gasteiger partial charge in [-0.2, -0.15) is 0 Å². The van der Waals surface area contributed by atoms with Gasteiger partial charge in [0.2, 0.25) is 12.3 Å². The number of hydrogen-bond acceptors (Lipinski definition) is 5. The summed E-state index contributed by atoms with van der Waals surface area (Å²) in [5.74, 6) is -2.85. The predicted molar refractivity (Wildman–Crippen MR) is 103 cm³/mol. The molecule has 0 spiro atoms. The van der Waals surface area contributed by atoms with Gasteiger partial charge in [0.1, 0.15) is 6.04 Å². The molecule has 2 aromatic rings. The Morgan fingerprint density at radius 3 is 2.45 bits per heavy atom. The molecule has 0 aliphatic carbocycles. The number of rotatable bonds is 7. The van der Waals surface area contributed by atoms with Gasteiger partial charge in [0.05, 0.1) is 0 Å². The molecule has 152 valence electrons. The number of anilines is 1. The van der Waals surface area contributed by atoms with Gasteiger partial charge in [-0.15, -0.1) is 0 Å². The summed E-state index contributed by atoms with van der Waals surface area (Å²) in [6.45, 7) is 1.76. The van der Waals surface area contributed by atoms with Gasteiger partial charge in [-0.1, -0.05) is 0 Å². The van der Waals surface area contributed by atoms with Crippen LogP contribution < -0.4 is 5.32 Å². The number of aromatic amines is 1. The largest absolute Gasteiger partial charge is 0.480 e. The number of carbonyl (C=O) groups is 4. The number of carbonyl (C=O) groups excluding carboxylic acids is 2. The lowest BCUT2D eigenvalue weighted by Gasteiger charge is -2.36. The first-order valence-corrected chi connectivity index (χ1v) is 8.88. The number of carboxylic acid groups (broad SMARTS) is 2. The Hall–Kier alpha value is -3.66. The molecule has 4 N–H and O–H groups in total. The monoisotopic (exact) mass is 400 g/mol. The maximum atomic E-state index is 12.0. The Morgan fingerprint density at radius 1 is 1.10 bits per heavy atom. The minimum atomic E-state index is -1.23. The van der Waals surface area contributed by atoms with E-state index in [1.807, 2.05) is 0 Å². The second-order valence-corrected chi connectivity index (χ2v) is 6.58. The van der Waals surface area contributed by atoms with Crippen LogP contribution in [0.15, 0.2) is 36.5 Å². The average molecular weight is 400 g/mol. The summed E-state index contributed by atoms with van der Waals surface area (Å²) in [5, 5.41) is 21.6. The van der Waals surface area contributed by atoms with E-state index < -0.39 is 23.9 Å². The highest BCUT2D eigenvalue weighted by atomic mass is 16.4. The van der Waals surface area contributed by atoms with Crippen LogP contribution in [0.3, 0.4) is 0 Å². The minimum Gasteiger partial charge on any atom is -0.480 e.